The van der Waals surface area contributed by atoms with Crippen LogP contribution in [-0.4, -0.2) is 23.3 Å². The van der Waals surface area contributed by atoms with E-state index in [1.165, 1.54) is 12.3 Å². The Labute approximate surface area is 68.6 Å². The van der Waals surface area contributed by atoms with Gasteiger partial charge in [-0.3, -0.25) is 4.55 Å². The zero-order valence-corrected chi connectivity index (χ0v) is 6.73. The Bertz CT molecular complexity index is 353. The molecule has 1 heterocycles. The van der Waals surface area contributed by atoms with Crippen LogP contribution in [0, 0.1) is 0 Å². The molecule has 0 saturated carbocycles. The first-order valence-corrected chi connectivity index (χ1v) is 4.48. The Morgan fingerprint density at radius 3 is 2.92 bits per heavy atom. The third-order valence-corrected chi connectivity index (χ3v) is 1.54. The first-order valence-electron chi connectivity index (χ1n) is 2.98. The summed E-state index contributed by atoms with van der Waals surface area (Å²) in [5, 5.41) is 7.34. The Morgan fingerprint density at radius 1 is 1.67 bits per heavy atom. The molecule has 0 amide bonds. The van der Waals surface area contributed by atoms with Crippen molar-refractivity contribution >= 4 is 10.1 Å². The second-order valence-corrected chi connectivity index (χ2v) is 3.29. The van der Waals surface area contributed by atoms with Crippen LogP contribution in [0.1, 0.15) is 5.69 Å². The van der Waals surface area contributed by atoms with E-state index < -0.39 is 10.1 Å². The molecule has 0 aliphatic rings. The summed E-state index contributed by atoms with van der Waals surface area (Å²) >= 11 is 0. The highest BCUT2D eigenvalue weighted by Gasteiger charge is 1.97. The molecule has 0 aliphatic carbocycles. The minimum absolute atomic E-state index is 0.253. The smallest absolute Gasteiger partial charge is 0.287 e. The van der Waals surface area contributed by atoms with Gasteiger partial charge in [0.05, 0.1) is 5.41 Å². The van der Waals surface area contributed by atoms with Crippen molar-refractivity contribution in [3.05, 3.63) is 23.4 Å². The van der Waals surface area contributed by atoms with E-state index >= 15 is 0 Å². The molecule has 1 aromatic heterocycles. The Kier molecular flexibility index (Phi) is 2.56. The van der Waals surface area contributed by atoms with Crippen LogP contribution in [0.3, 0.4) is 0 Å². The van der Waals surface area contributed by atoms with Crippen LogP contribution in [0.25, 0.3) is 0 Å². The summed E-state index contributed by atoms with van der Waals surface area (Å²) in [6.45, 7) is 0. The van der Waals surface area contributed by atoms with Gasteiger partial charge >= 0.3 is 0 Å². The third kappa shape index (κ3) is 3.26. The number of hydrogen-bond donors (Lipinski definition) is 1. The van der Waals surface area contributed by atoms with Gasteiger partial charge < -0.3 is 4.52 Å². The van der Waals surface area contributed by atoms with Gasteiger partial charge in [-0.05, 0) is 0 Å². The zero-order valence-electron chi connectivity index (χ0n) is 5.91. The van der Waals surface area contributed by atoms with E-state index in [4.69, 9.17) is 4.55 Å². The SMILES string of the molecule is O=S(=O)(O)C=CCc1conn1. The Morgan fingerprint density at radius 2 is 2.42 bits per heavy atom. The molecule has 0 fully saturated rings. The number of nitrogens with zero attached hydrogens (tertiary/aromatic N) is 2. The topological polar surface area (TPSA) is 93.3 Å². The standard InChI is InChI=1S/C5H6N2O4S/c8-12(9,10)3-1-2-5-4-11-7-6-5/h1,3-4H,2H2,(H,8,9,10). The average Bonchev–Trinajstić information content (AvgIpc) is 2.36. The molecule has 0 aliphatic heterocycles. The molecule has 0 unspecified atom stereocenters. The van der Waals surface area contributed by atoms with E-state index in [0.717, 1.165) is 0 Å². The van der Waals surface area contributed by atoms with E-state index in [9.17, 15) is 8.42 Å². The fourth-order valence-corrected chi connectivity index (χ4v) is 0.903. The van der Waals surface area contributed by atoms with Gasteiger partial charge in [0.25, 0.3) is 10.1 Å². The van der Waals surface area contributed by atoms with E-state index in [1.54, 1.807) is 0 Å². The monoisotopic (exact) mass is 190 g/mol. The van der Waals surface area contributed by atoms with Crippen LogP contribution in [0.15, 0.2) is 22.3 Å². The van der Waals surface area contributed by atoms with Crippen molar-refractivity contribution in [3.8, 4) is 0 Å². The molecule has 1 aromatic rings. The van der Waals surface area contributed by atoms with Gasteiger partial charge in [-0.2, -0.15) is 8.42 Å². The number of rotatable bonds is 3. The van der Waals surface area contributed by atoms with Crippen LogP contribution in [-0.2, 0) is 16.5 Å². The van der Waals surface area contributed by atoms with Crippen LogP contribution in [0.2, 0.25) is 0 Å². The van der Waals surface area contributed by atoms with Crippen molar-refractivity contribution < 1.29 is 17.5 Å². The van der Waals surface area contributed by atoms with Gasteiger partial charge in [0.2, 0.25) is 0 Å². The Balaban J connectivity index is 2.52. The maximum absolute atomic E-state index is 10.2. The Hall–Kier alpha value is -1.21. The average molecular weight is 190 g/mol. The lowest BCUT2D eigenvalue weighted by Gasteiger charge is -1.83. The van der Waals surface area contributed by atoms with Crippen molar-refractivity contribution in [2.24, 2.45) is 0 Å². The highest BCUT2D eigenvalue weighted by Crippen LogP contribution is 1.95. The summed E-state index contributed by atoms with van der Waals surface area (Å²) in [7, 11) is -4.04. The predicted molar refractivity (Wildman–Crippen MR) is 38.7 cm³/mol. The first kappa shape index (κ1) is 8.88. The molecule has 6 nitrogen and oxygen atoms in total. The summed E-state index contributed by atoms with van der Waals surface area (Å²) in [5.41, 5.74) is 0.495. The lowest BCUT2D eigenvalue weighted by Crippen LogP contribution is -1.90. The van der Waals surface area contributed by atoms with Crippen LogP contribution < -0.4 is 0 Å². The molecule has 0 aromatic carbocycles. The van der Waals surface area contributed by atoms with Crippen LogP contribution >= 0.6 is 0 Å². The molecule has 0 atom stereocenters. The molecular formula is C5H6N2O4S. The van der Waals surface area contributed by atoms with E-state index in [0.29, 0.717) is 11.1 Å². The van der Waals surface area contributed by atoms with Crippen LogP contribution in [0.4, 0.5) is 0 Å². The van der Waals surface area contributed by atoms with E-state index in [-0.39, 0.29) is 6.42 Å². The predicted octanol–water partition coefficient (Wildman–Crippen LogP) is 0.0136. The number of hydrogen-bond acceptors (Lipinski definition) is 5. The number of aromatic nitrogens is 2. The minimum Gasteiger partial charge on any atom is -0.345 e. The maximum Gasteiger partial charge on any atom is 0.287 e. The third-order valence-electron chi connectivity index (χ3n) is 1.00. The molecule has 0 saturated heterocycles. The zero-order chi connectivity index (χ0) is 9.03. The van der Waals surface area contributed by atoms with Gasteiger partial charge in [0.1, 0.15) is 12.0 Å². The highest BCUT2D eigenvalue weighted by atomic mass is 32.2. The molecule has 0 radical (unpaired) electrons. The van der Waals surface area contributed by atoms with Gasteiger partial charge in [0, 0.05) is 11.7 Å². The summed E-state index contributed by atoms with van der Waals surface area (Å²) in [6, 6.07) is 0. The van der Waals surface area contributed by atoms with Crippen molar-refractivity contribution in [3.63, 3.8) is 0 Å². The molecule has 0 bridgehead atoms. The molecule has 0 spiro atoms. The van der Waals surface area contributed by atoms with Gasteiger partial charge in [-0.15, -0.1) is 5.10 Å². The van der Waals surface area contributed by atoms with E-state index in [2.05, 4.69) is 14.9 Å². The summed E-state index contributed by atoms with van der Waals surface area (Å²) in [5.74, 6) is 0. The molecule has 7 heteroatoms. The van der Waals surface area contributed by atoms with Crippen molar-refractivity contribution in [1.29, 1.82) is 0 Å². The van der Waals surface area contributed by atoms with Gasteiger partial charge in [0.15, 0.2) is 0 Å². The van der Waals surface area contributed by atoms with Crippen molar-refractivity contribution in [2.45, 2.75) is 6.42 Å². The maximum atomic E-state index is 10.2. The molecular weight excluding hydrogens is 184 g/mol. The fraction of sp³-hybridized carbons (Fsp3) is 0.200. The summed E-state index contributed by atoms with van der Waals surface area (Å²) in [6.07, 6.45) is 2.78. The van der Waals surface area contributed by atoms with Crippen molar-refractivity contribution in [2.75, 3.05) is 0 Å². The number of allylic oxidation sites excluding steroid dienone is 1. The van der Waals surface area contributed by atoms with Gasteiger partial charge in [-0.25, -0.2) is 0 Å². The van der Waals surface area contributed by atoms with Crippen LogP contribution in [0.5, 0.6) is 0 Å². The van der Waals surface area contributed by atoms with Crippen molar-refractivity contribution in [1.82, 2.24) is 10.4 Å². The largest absolute Gasteiger partial charge is 0.345 e. The van der Waals surface area contributed by atoms with E-state index in [1.807, 2.05) is 0 Å². The highest BCUT2D eigenvalue weighted by molar-refractivity contribution is 7.88. The first-order chi connectivity index (χ1) is 5.58. The molecule has 1 N–H and O–H groups in total. The minimum atomic E-state index is -4.04. The lowest BCUT2D eigenvalue weighted by atomic mass is 10.3. The molecule has 1 rings (SSSR count). The fourth-order valence-electron chi connectivity index (χ4n) is 0.563. The summed E-state index contributed by atoms with van der Waals surface area (Å²) < 4.78 is 33.0. The van der Waals surface area contributed by atoms with Gasteiger partial charge in [-0.1, -0.05) is 6.08 Å². The molecule has 66 valence electrons. The second kappa shape index (κ2) is 3.46. The quantitative estimate of drug-likeness (QED) is 0.675. The second-order valence-electron chi connectivity index (χ2n) is 1.99. The summed E-state index contributed by atoms with van der Waals surface area (Å²) in [4.78, 5) is 0. The molecule has 12 heavy (non-hydrogen) atoms. The lowest BCUT2D eigenvalue weighted by molar-refractivity contribution is 0.392. The normalized spacial score (nSPS) is 12.4.